The van der Waals surface area contributed by atoms with Crippen LogP contribution in [0.15, 0.2) is 54.6 Å². The molecule has 0 unspecified atom stereocenters. The molecule has 0 radical (unpaired) electrons. The van der Waals surface area contributed by atoms with Gasteiger partial charge in [-0.25, -0.2) is 0 Å². The SMILES string of the molecule is CCOC(=O)CN1C(=O)[C@](O)([C@H](C)C(=O)c2ccccc2)c2ccccc21. The number of anilines is 1. The van der Waals surface area contributed by atoms with Gasteiger partial charge >= 0.3 is 5.97 Å². The van der Waals surface area contributed by atoms with Gasteiger partial charge in [0.2, 0.25) is 0 Å². The number of amides is 1. The Morgan fingerprint density at radius 1 is 1.11 bits per heavy atom. The Hall–Kier alpha value is -2.99. The summed E-state index contributed by atoms with van der Waals surface area (Å²) in [7, 11) is 0. The molecule has 1 amide bonds. The van der Waals surface area contributed by atoms with Crippen LogP contribution in [0.1, 0.15) is 29.8 Å². The maximum Gasteiger partial charge on any atom is 0.326 e. The minimum absolute atomic E-state index is 0.190. The number of hydrogen-bond acceptors (Lipinski definition) is 5. The van der Waals surface area contributed by atoms with Crippen LogP contribution in [0, 0.1) is 5.92 Å². The van der Waals surface area contributed by atoms with Crippen molar-refractivity contribution >= 4 is 23.3 Å². The Morgan fingerprint density at radius 2 is 1.74 bits per heavy atom. The topological polar surface area (TPSA) is 83.9 Å². The van der Waals surface area contributed by atoms with Crippen LogP contribution in [0.25, 0.3) is 0 Å². The van der Waals surface area contributed by atoms with Gasteiger partial charge in [0.1, 0.15) is 6.54 Å². The van der Waals surface area contributed by atoms with Crippen molar-refractivity contribution in [3.63, 3.8) is 0 Å². The molecule has 0 saturated carbocycles. The van der Waals surface area contributed by atoms with E-state index in [-0.39, 0.29) is 18.9 Å². The van der Waals surface area contributed by atoms with E-state index in [1.165, 1.54) is 11.8 Å². The number of ether oxygens (including phenoxy) is 1. The van der Waals surface area contributed by atoms with Crippen molar-refractivity contribution < 1.29 is 24.2 Å². The molecular formula is C21H21NO5. The van der Waals surface area contributed by atoms with Crippen molar-refractivity contribution in [2.75, 3.05) is 18.1 Å². The van der Waals surface area contributed by atoms with Crippen LogP contribution in [0.5, 0.6) is 0 Å². The van der Waals surface area contributed by atoms with Crippen molar-refractivity contribution in [3.05, 3.63) is 65.7 Å². The third-order valence-corrected chi connectivity index (χ3v) is 4.85. The summed E-state index contributed by atoms with van der Waals surface area (Å²) in [5.74, 6) is -2.65. The average Bonchev–Trinajstić information content (AvgIpc) is 2.91. The third-order valence-electron chi connectivity index (χ3n) is 4.85. The molecule has 0 spiro atoms. The van der Waals surface area contributed by atoms with Crippen molar-refractivity contribution in [1.82, 2.24) is 0 Å². The van der Waals surface area contributed by atoms with Crippen LogP contribution in [-0.4, -0.2) is 35.9 Å². The molecule has 0 aromatic heterocycles. The van der Waals surface area contributed by atoms with Gasteiger partial charge in [0.15, 0.2) is 11.4 Å². The van der Waals surface area contributed by atoms with Crippen LogP contribution in [0.4, 0.5) is 5.69 Å². The van der Waals surface area contributed by atoms with Crippen LogP contribution in [-0.2, 0) is 19.9 Å². The van der Waals surface area contributed by atoms with E-state index in [9.17, 15) is 19.5 Å². The normalized spacial score (nSPS) is 19.5. The number of aliphatic hydroxyl groups is 1. The molecule has 1 aliphatic heterocycles. The summed E-state index contributed by atoms with van der Waals surface area (Å²) in [6.07, 6.45) is 0. The Labute approximate surface area is 157 Å². The second-order valence-corrected chi connectivity index (χ2v) is 6.43. The third kappa shape index (κ3) is 3.13. The number of ketones is 1. The minimum atomic E-state index is -2.05. The van der Waals surface area contributed by atoms with Crippen LogP contribution < -0.4 is 4.90 Å². The highest BCUT2D eigenvalue weighted by molar-refractivity contribution is 6.13. The van der Waals surface area contributed by atoms with Gasteiger partial charge in [0.25, 0.3) is 5.91 Å². The highest BCUT2D eigenvalue weighted by Gasteiger charge is 2.55. The van der Waals surface area contributed by atoms with Crippen molar-refractivity contribution in [1.29, 1.82) is 0 Å². The van der Waals surface area contributed by atoms with E-state index in [0.29, 0.717) is 16.8 Å². The number of hydrogen-bond donors (Lipinski definition) is 1. The van der Waals surface area contributed by atoms with Crippen LogP contribution in [0.2, 0.25) is 0 Å². The zero-order valence-electron chi connectivity index (χ0n) is 15.2. The minimum Gasteiger partial charge on any atom is -0.465 e. The molecule has 6 heteroatoms. The fourth-order valence-electron chi connectivity index (χ4n) is 3.41. The van der Waals surface area contributed by atoms with E-state index < -0.39 is 23.4 Å². The highest BCUT2D eigenvalue weighted by Crippen LogP contribution is 2.45. The molecule has 0 aliphatic carbocycles. The molecule has 1 aliphatic rings. The Bertz CT molecular complexity index is 879. The fourth-order valence-corrected chi connectivity index (χ4v) is 3.41. The average molecular weight is 367 g/mol. The van der Waals surface area contributed by atoms with E-state index >= 15 is 0 Å². The standard InChI is InChI=1S/C21H21NO5/c1-3-27-18(23)13-22-17-12-8-7-11-16(17)21(26,20(22)25)14(2)19(24)15-9-5-4-6-10-15/h4-12,14,26H,3,13H2,1-2H3/t14-,21+/m1/s1. The molecule has 1 N–H and O–H groups in total. The molecule has 0 bridgehead atoms. The molecule has 140 valence electrons. The molecular weight excluding hydrogens is 346 g/mol. The van der Waals surface area contributed by atoms with Crippen molar-refractivity contribution in [2.45, 2.75) is 19.4 Å². The van der Waals surface area contributed by atoms with E-state index in [0.717, 1.165) is 0 Å². The second-order valence-electron chi connectivity index (χ2n) is 6.43. The maximum atomic E-state index is 13.1. The largest absolute Gasteiger partial charge is 0.465 e. The molecule has 27 heavy (non-hydrogen) atoms. The maximum absolute atomic E-state index is 13.1. The number of esters is 1. The van der Waals surface area contributed by atoms with E-state index in [1.54, 1.807) is 61.5 Å². The first-order chi connectivity index (χ1) is 12.9. The molecule has 3 rings (SSSR count). The smallest absolute Gasteiger partial charge is 0.326 e. The molecule has 1 heterocycles. The quantitative estimate of drug-likeness (QED) is 0.626. The Morgan fingerprint density at radius 3 is 2.41 bits per heavy atom. The van der Waals surface area contributed by atoms with Gasteiger partial charge in [-0.05, 0) is 13.0 Å². The van der Waals surface area contributed by atoms with Crippen molar-refractivity contribution in [3.8, 4) is 0 Å². The van der Waals surface area contributed by atoms with Gasteiger partial charge in [-0.1, -0.05) is 55.5 Å². The summed E-state index contributed by atoms with van der Waals surface area (Å²) in [5.41, 5.74) is -0.912. The zero-order chi connectivity index (χ0) is 19.6. The summed E-state index contributed by atoms with van der Waals surface area (Å²) in [4.78, 5) is 39.1. The summed E-state index contributed by atoms with van der Waals surface area (Å²) in [6, 6.07) is 15.2. The number of carbonyl (C=O) groups excluding carboxylic acids is 3. The fraction of sp³-hybridized carbons (Fsp3) is 0.286. The molecule has 2 atom stereocenters. The predicted molar refractivity (Wildman–Crippen MR) is 99.3 cm³/mol. The Kier molecular flexibility index (Phi) is 5.10. The van der Waals surface area contributed by atoms with Crippen LogP contribution in [0.3, 0.4) is 0 Å². The zero-order valence-corrected chi connectivity index (χ0v) is 15.2. The monoisotopic (exact) mass is 367 g/mol. The lowest BCUT2D eigenvalue weighted by atomic mass is 9.79. The van der Waals surface area contributed by atoms with Gasteiger partial charge in [0.05, 0.1) is 18.2 Å². The van der Waals surface area contributed by atoms with Gasteiger partial charge < -0.3 is 9.84 Å². The number of carbonyl (C=O) groups is 3. The predicted octanol–water partition coefficient (Wildman–Crippen LogP) is 2.30. The summed E-state index contributed by atoms with van der Waals surface area (Å²) >= 11 is 0. The van der Waals surface area contributed by atoms with E-state index in [1.807, 2.05) is 0 Å². The summed E-state index contributed by atoms with van der Waals surface area (Å²) < 4.78 is 4.93. The number of para-hydroxylation sites is 1. The van der Waals surface area contributed by atoms with Crippen LogP contribution >= 0.6 is 0 Å². The first-order valence-electron chi connectivity index (χ1n) is 8.80. The molecule has 0 fully saturated rings. The second kappa shape index (κ2) is 7.32. The number of rotatable bonds is 6. The van der Waals surface area contributed by atoms with E-state index in [2.05, 4.69) is 0 Å². The molecule has 6 nitrogen and oxygen atoms in total. The first kappa shape index (κ1) is 18.8. The van der Waals surface area contributed by atoms with Gasteiger partial charge in [0, 0.05) is 11.1 Å². The molecule has 0 saturated heterocycles. The molecule has 2 aromatic carbocycles. The van der Waals surface area contributed by atoms with Crippen molar-refractivity contribution in [2.24, 2.45) is 5.92 Å². The van der Waals surface area contributed by atoms with Gasteiger partial charge in [-0.3, -0.25) is 19.3 Å². The summed E-state index contributed by atoms with van der Waals surface area (Å²) in [5, 5.41) is 11.4. The summed E-state index contributed by atoms with van der Waals surface area (Å²) in [6.45, 7) is 3.07. The lowest BCUT2D eigenvalue weighted by Gasteiger charge is -2.28. The van der Waals surface area contributed by atoms with E-state index in [4.69, 9.17) is 4.74 Å². The number of fused-ring (bicyclic) bond motifs is 1. The highest BCUT2D eigenvalue weighted by atomic mass is 16.5. The lowest BCUT2D eigenvalue weighted by Crippen LogP contribution is -2.48. The van der Waals surface area contributed by atoms with Gasteiger partial charge in [-0.2, -0.15) is 0 Å². The number of nitrogens with zero attached hydrogens (tertiary/aromatic N) is 1. The first-order valence-corrected chi connectivity index (χ1v) is 8.80. The molecule has 2 aromatic rings. The van der Waals surface area contributed by atoms with Gasteiger partial charge in [-0.15, -0.1) is 0 Å². The Balaban J connectivity index is 2.00. The number of benzene rings is 2. The lowest BCUT2D eigenvalue weighted by molar-refractivity contribution is -0.145. The number of Topliss-reactive ketones (excluding diaryl/α,β-unsaturated/α-hetero) is 1.